The summed E-state index contributed by atoms with van der Waals surface area (Å²) in [7, 11) is -2.41. The van der Waals surface area contributed by atoms with Crippen LogP contribution in [0.5, 0.6) is 5.75 Å². The molecule has 0 aliphatic carbocycles. The smallest absolute Gasteiger partial charge is 0.275 e. The molecule has 0 saturated carbocycles. The number of fused-ring (bicyclic) bond motifs is 1. The zero-order valence-electron chi connectivity index (χ0n) is 20.1. The van der Waals surface area contributed by atoms with Crippen molar-refractivity contribution in [3.05, 3.63) is 88.1 Å². The fourth-order valence-corrected chi connectivity index (χ4v) is 4.89. The van der Waals surface area contributed by atoms with Gasteiger partial charge in [-0.3, -0.25) is 14.3 Å². The van der Waals surface area contributed by atoms with Crippen LogP contribution in [0.15, 0.2) is 65.7 Å². The van der Waals surface area contributed by atoms with Gasteiger partial charge in [0, 0.05) is 12.2 Å². The van der Waals surface area contributed by atoms with Crippen LogP contribution in [-0.4, -0.2) is 36.0 Å². The molecule has 3 N–H and O–H groups in total. The molecule has 0 unspecified atom stereocenters. The SMILES string of the molecule is COc1ccc([C@@H](C)S(=O)(=O)Nc2ccc(C)n(CC(=O)NCc3ccc4nc[nH]c4c3)c2=O)cc1. The average molecular weight is 510 g/mol. The van der Waals surface area contributed by atoms with Gasteiger partial charge in [0.05, 0.1) is 24.5 Å². The van der Waals surface area contributed by atoms with Crippen molar-refractivity contribution in [1.82, 2.24) is 19.9 Å². The molecule has 0 spiro atoms. The molecule has 2 heterocycles. The van der Waals surface area contributed by atoms with Gasteiger partial charge in [-0.15, -0.1) is 0 Å². The molecule has 4 rings (SSSR count). The Bertz CT molecular complexity index is 1560. The number of nitrogens with zero attached hydrogens (tertiary/aromatic N) is 2. The Kier molecular flexibility index (Phi) is 7.11. The molecular formula is C25H27N5O5S. The minimum atomic E-state index is -3.94. The average Bonchev–Trinajstić information content (AvgIpc) is 3.34. The van der Waals surface area contributed by atoms with Gasteiger partial charge in [-0.05, 0) is 61.4 Å². The number of benzene rings is 2. The largest absolute Gasteiger partial charge is 0.497 e. The highest BCUT2D eigenvalue weighted by Crippen LogP contribution is 2.25. The number of aryl methyl sites for hydroxylation is 1. The van der Waals surface area contributed by atoms with Crippen LogP contribution in [0, 0.1) is 6.92 Å². The molecule has 0 aliphatic rings. The lowest BCUT2D eigenvalue weighted by molar-refractivity contribution is -0.121. The molecule has 10 nitrogen and oxygen atoms in total. The Morgan fingerprint density at radius 2 is 1.89 bits per heavy atom. The number of amides is 1. The molecule has 4 aromatic rings. The van der Waals surface area contributed by atoms with E-state index in [1.807, 2.05) is 18.2 Å². The second-order valence-electron chi connectivity index (χ2n) is 8.37. The molecule has 0 bridgehead atoms. The van der Waals surface area contributed by atoms with Crippen molar-refractivity contribution in [1.29, 1.82) is 0 Å². The number of pyridine rings is 1. The summed E-state index contributed by atoms with van der Waals surface area (Å²) < 4.78 is 34.7. The van der Waals surface area contributed by atoms with E-state index in [2.05, 4.69) is 20.0 Å². The quantitative estimate of drug-likeness (QED) is 0.318. The number of nitrogens with one attached hydrogen (secondary N) is 3. The Morgan fingerprint density at radius 3 is 2.61 bits per heavy atom. The van der Waals surface area contributed by atoms with Crippen LogP contribution in [-0.2, 0) is 27.9 Å². The summed E-state index contributed by atoms with van der Waals surface area (Å²) in [5.74, 6) is 0.231. The van der Waals surface area contributed by atoms with Gasteiger partial charge >= 0.3 is 0 Å². The Balaban J connectivity index is 1.46. The van der Waals surface area contributed by atoms with Crippen LogP contribution in [0.2, 0.25) is 0 Å². The van der Waals surface area contributed by atoms with Gasteiger partial charge in [0.15, 0.2) is 0 Å². The molecule has 1 amide bonds. The highest BCUT2D eigenvalue weighted by Gasteiger charge is 2.24. The molecule has 0 saturated heterocycles. The van der Waals surface area contributed by atoms with Crippen LogP contribution in [0.4, 0.5) is 5.69 Å². The van der Waals surface area contributed by atoms with Gasteiger partial charge in [-0.25, -0.2) is 13.4 Å². The number of aromatic amines is 1. The number of carbonyl (C=O) groups is 1. The fraction of sp³-hybridized carbons (Fsp3) is 0.240. The van der Waals surface area contributed by atoms with E-state index in [4.69, 9.17) is 4.74 Å². The van der Waals surface area contributed by atoms with Gasteiger partial charge in [0.2, 0.25) is 15.9 Å². The Hall–Kier alpha value is -4.12. The topological polar surface area (TPSA) is 135 Å². The molecule has 11 heteroatoms. The highest BCUT2D eigenvalue weighted by molar-refractivity contribution is 7.92. The van der Waals surface area contributed by atoms with E-state index in [0.29, 0.717) is 17.0 Å². The van der Waals surface area contributed by atoms with Crippen molar-refractivity contribution in [3.63, 3.8) is 0 Å². The number of anilines is 1. The van der Waals surface area contributed by atoms with Crippen LogP contribution < -0.4 is 20.3 Å². The Morgan fingerprint density at radius 1 is 1.14 bits per heavy atom. The van der Waals surface area contributed by atoms with E-state index in [1.165, 1.54) is 24.7 Å². The van der Waals surface area contributed by atoms with Crippen molar-refractivity contribution >= 4 is 32.7 Å². The van der Waals surface area contributed by atoms with Crippen molar-refractivity contribution in [2.75, 3.05) is 11.8 Å². The number of carbonyl (C=O) groups excluding carboxylic acids is 1. The second kappa shape index (κ2) is 10.2. The summed E-state index contributed by atoms with van der Waals surface area (Å²) >= 11 is 0. The maximum absolute atomic E-state index is 13.1. The predicted octanol–water partition coefficient (Wildman–Crippen LogP) is 2.86. The van der Waals surface area contributed by atoms with Gasteiger partial charge in [-0.2, -0.15) is 0 Å². The summed E-state index contributed by atoms with van der Waals surface area (Å²) in [6.45, 7) is 3.23. The third-order valence-electron chi connectivity index (χ3n) is 5.97. The molecule has 0 aliphatic heterocycles. The van der Waals surface area contributed by atoms with Gasteiger partial charge in [0.25, 0.3) is 5.56 Å². The number of methoxy groups -OCH3 is 1. The van der Waals surface area contributed by atoms with Crippen LogP contribution >= 0.6 is 0 Å². The minimum absolute atomic E-state index is 0.126. The van der Waals surface area contributed by atoms with Gasteiger partial charge in [-0.1, -0.05) is 18.2 Å². The molecular weight excluding hydrogens is 482 g/mol. The highest BCUT2D eigenvalue weighted by atomic mass is 32.2. The van der Waals surface area contributed by atoms with Crippen LogP contribution in [0.3, 0.4) is 0 Å². The first kappa shape index (κ1) is 25.0. The number of H-pyrrole nitrogens is 1. The first-order valence-electron chi connectivity index (χ1n) is 11.2. The lowest BCUT2D eigenvalue weighted by Crippen LogP contribution is -2.34. The summed E-state index contributed by atoms with van der Waals surface area (Å²) in [5.41, 5.74) is 2.90. The first-order chi connectivity index (χ1) is 17.2. The molecule has 2 aromatic carbocycles. The Labute approximate surface area is 208 Å². The summed E-state index contributed by atoms with van der Waals surface area (Å²) in [5, 5.41) is 1.87. The number of imidazole rings is 1. The van der Waals surface area contributed by atoms with Gasteiger partial charge in [0.1, 0.15) is 23.2 Å². The summed E-state index contributed by atoms with van der Waals surface area (Å²) in [4.78, 5) is 32.9. The molecule has 0 fully saturated rings. The number of hydrogen-bond acceptors (Lipinski definition) is 6. The number of ether oxygens (including phenoxy) is 1. The summed E-state index contributed by atoms with van der Waals surface area (Å²) in [6, 6.07) is 15.3. The van der Waals surface area contributed by atoms with E-state index in [9.17, 15) is 18.0 Å². The second-order valence-corrected chi connectivity index (χ2v) is 10.4. The standard InChI is InChI=1S/C25H27N5O5S/c1-16-4-10-22(29-36(33,34)17(2)19-6-8-20(35-3)9-7-19)25(32)30(16)14-24(31)26-13-18-5-11-21-23(12-18)28-15-27-21/h4-12,15,17,29H,13-14H2,1-3H3,(H,26,31)(H,27,28)/t17-/m1/s1. The predicted molar refractivity (Wildman–Crippen MR) is 137 cm³/mol. The van der Waals surface area contributed by atoms with E-state index >= 15 is 0 Å². The molecule has 188 valence electrons. The number of rotatable bonds is 9. The third-order valence-corrected chi connectivity index (χ3v) is 7.68. The molecule has 36 heavy (non-hydrogen) atoms. The zero-order chi connectivity index (χ0) is 25.9. The lowest BCUT2D eigenvalue weighted by atomic mass is 10.2. The number of hydrogen-bond donors (Lipinski definition) is 3. The van der Waals surface area contributed by atoms with E-state index in [0.717, 1.165) is 16.6 Å². The van der Waals surface area contributed by atoms with E-state index < -0.39 is 20.8 Å². The van der Waals surface area contributed by atoms with Crippen molar-refractivity contribution < 1.29 is 17.9 Å². The van der Waals surface area contributed by atoms with E-state index in [1.54, 1.807) is 43.6 Å². The fourth-order valence-electron chi connectivity index (χ4n) is 3.73. The molecule has 0 radical (unpaired) electrons. The first-order valence-corrected chi connectivity index (χ1v) is 12.8. The summed E-state index contributed by atoms with van der Waals surface area (Å²) in [6.07, 6.45) is 1.60. The van der Waals surface area contributed by atoms with Crippen LogP contribution in [0.1, 0.15) is 29.0 Å². The number of sulfonamides is 1. The number of aromatic nitrogens is 3. The monoisotopic (exact) mass is 509 g/mol. The lowest BCUT2D eigenvalue weighted by Gasteiger charge is -2.17. The van der Waals surface area contributed by atoms with Crippen LogP contribution in [0.25, 0.3) is 11.0 Å². The van der Waals surface area contributed by atoms with Gasteiger partial charge < -0.3 is 19.6 Å². The van der Waals surface area contributed by atoms with E-state index in [-0.39, 0.29) is 24.7 Å². The minimum Gasteiger partial charge on any atom is -0.497 e. The third kappa shape index (κ3) is 5.41. The molecule has 1 atom stereocenters. The maximum Gasteiger partial charge on any atom is 0.275 e. The zero-order valence-corrected chi connectivity index (χ0v) is 20.9. The normalized spacial score (nSPS) is 12.3. The molecule has 2 aromatic heterocycles. The maximum atomic E-state index is 13.1. The van der Waals surface area contributed by atoms with Crippen molar-refractivity contribution in [3.8, 4) is 5.75 Å². The van der Waals surface area contributed by atoms with Crippen molar-refractivity contribution in [2.24, 2.45) is 0 Å². The van der Waals surface area contributed by atoms with Crippen molar-refractivity contribution in [2.45, 2.75) is 32.2 Å².